The van der Waals surface area contributed by atoms with Crippen molar-refractivity contribution in [2.75, 3.05) is 18.6 Å². The molecule has 1 unspecified atom stereocenters. The molecule has 0 heterocycles. The van der Waals surface area contributed by atoms with E-state index < -0.39 is 9.84 Å². The number of sulfone groups is 1. The third-order valence-corrected chi connectivity index (χ3v) is 4.65. The van der Waals surface area contributed by atoms with E-state index >= 15 is 0 Å². The third kappa shape index (κ3) is 5.59. The van der Waals surface area contributed by atoms with Gasteiger partial charge in [-0.1, -0.05) is 12.1 Å². The number of rotatable bonds is 8. The Balaban J connectivity index is 1.95. The lowest BCUT2D eigenvalue weighted by Crippen LogP contribution is -2.24. The van der Waals surface area contributed by atoms with Crippen molar-refractivity contribution < 1.29 is 12.8 Å². The van der Waals surface area contributed by atoms with Gasteiger partial charge in [0.2, 0.25) is 0 Å². The van der Waals surface area contributed by atoms with Crippen LogP contribution in [0.25, 0.3) is 0 Å². The van der Waals surface area contributed by atoms with Crippen molar-refractivity contribution in [2.24, 2.45) is 0 Å². The Labute approximate surface area is 120 Å². The lowest BCUT2D eigenvalue weighted by Gasteiger charge is -2.18. The highest BCUT2D eigenvalue weighted by Crippen LogP contribution is 2.25. The SMILES string of the molecule is CS(=O)(=O)CCCC(CNC1CC1)c1cccc(F)c1. The Morgan fingerprint density at radius 1 is 1.40 bits per heavy atom. The van der Waals surface area contributed by atoms with E-state index in [1.807, 2.05) is 6.07 Å². The first kappa shape index (κ1) is 15.4. The molecule has 0 aliphatic heterocycles. The van der Waals surface area contributed by atoms with Crippen LogP contribution in [0.5, 0.6) is 0 Å². The van der Waals surface area contributed by atoms with Crippen LogP contribution >= 0.6 is 0 Å². The summed E-state index contributed by atoms with van der Waals surface area (Å²) >= 11 is 0. The van der Waals surface area contributed by atoms with E-state index in [0.717, 1.165) is 18.5 Å². The summed E-state index contributed by atoms with van der Waals surface area (Å²) in [6.45, 7) is 0.790. The van der Waals surface area contributed by atoms with Gasteiger partial charge in [-0.2, -0.15) is 0 Å². The van der Waals surface area contributed by atoms with Gasteiger partial charge < -0.3 is 5.32 Å². The molecule has 1 aromatic carbocycles. The van der Waals surface area contributed by atoms with Crippen LogP contribution in [0.1, 0.15) is 37.2 Å². The van der Waals surface area contributed by atoms with Crippen LogP contribution in [0.15, 0.2) is 24.3 Å². The van der Waals surface area contributed by atoms with Crippen LogP contribution in [0.4, 0.5) is 4.39 Å². The summed E-state index contributed by atoms with van der Waals surface area (Å²) in [4.78, 5) is 0. The molecule has 0 amide bonds. The molecule has 2 rings (SSSR count). The summed E-state index contributed by atoms with van der Waals surface area (Å²) in [6.07, 6.45) is 5.05. The molecule has 3 nitrogen and oxygen atoms in total. The van der Waals surface area contributed by atoms with Crippen LogP contribution in [-0.4, -0.2) is 33.0 Å². The molecular formula is C15H22FNO2S. The molecule has 1 atom stereocenters. The molecule has 1 aliphatic rings. The van der Waals surface area contributed by atoms with E-state index in [2.05, 4.69) is 5.32 Å². The average Bonchev–Trinajstić information content (AvgIpc) is 3.16. The maximum Gasteiger partial charge on any atom is 0.147 e. The topological polar surface area (TPSA) is 46.2 Å². The van der Waals surface area contributed by atoms with Gasteiger partial charge in [0.15, 0.2) is 0 Å². The fourth-order valence-electron chi connectivity index (χ4n) is 2.34. The highest BCUT2D eigenvalue weighted by atomic mass is 32.2. The monoisotopic (exact) mass is 299 g/mol. The van der Waals surface area contributed by atoms with Crippen molar-refractivity contribution in [3.8, 4) is 0 Å². The molecule has 0 aromatic heterocycles. The van der Waals surface area contributed by atoms with Crippen molar-refractivity contribution in [3.63, 3.8) is 0 Å². The molecule has 20 heavy (non-hydrogen) atoms. The summed E-state index contributed by atoms with van der Waals surface area (Å²) in [5.41, 5.74) is 0.951. The predicted octanol–water partition coefficient (Wildman–Crippen LogP) is 2.49. The predicted molar refractivity (Wildman–Crippen MR) is 79.1 cm³/mol. The van der Waals surface area contributed by atoms with Gasteiger partial charge in [-0.05, 0) is 49.3 Å². The molecule has 1 aliphatic carbocycles. The van der Waals surface area contributed by atoms with Gasteiger partial charge in [0.05, 0.1) is 0 Å². The quantitative estimate of drug-likeness (QED) is 0.802. The number of hydrogen-bond acceptors (Lipinski definition) is 3. The lowest BCUT2D eigenvalue weighted by molar-refractivity contribution is 0.533. The van der Waals surface area contributed by atoms with E-state index in [0.29, 0.717) is 12.5 Å². The zero-order valence-corrected chi connectivity index (χ0v) is 12.6. The number of halogens is 1. The molecule has 0 radical (unpaired) electrons. The summed E-state index contributed by atoms with van der Waals surface area (Å²) in [5, 5.41) is 3.45. The fraction of sp³-hybridized carbons (Fsp3) is 0.600. The standard InChI is InChI=1S/C15H22FNO2S/c1-20(18,19)9-3-5-13(11-17-15-7-8-15)12-4-2-6-14(16)10-12/h2,4,6,10,13,15,17H,3,5,7-9,11H2,1H3. The van der Waals surface area contributed by atoms with Gasteiger partial charge in [-0.3, -0.25) is 0 Å². The van der Waals surface area contributed by atoms with Gasteiger partial charge in [0.1, 0.15) is 15.7 Å². The van der Waals surface area contributed by atoms with E-state index in [4.69, 9.17) is 0 Å². The van der Waals surface area contributed by atoms with E-state index in [1.165, 1.54) is 25.2 Å². The minimum absolute atomic E-state index is 0.174. The molecular weight excluding hydrogens is 277 g/mol. The molecule has 5 heteroatoms. The first-order valence-electron chi connectivity index (χ1n) is 7.10. The highest BCUT2D eigenvalue weighted by Gasteiger charge is 2.22. The van der Waals surface area contributed by atoms with Gasteiger partial charge in [-0.25, -0.2) is 12.8 Å². The van der Waals surface area contributed by atoms with E-state index in [9.17, 15) is 12.8 Å². The van der Waals surface area contributed by atoms with Crippen LogP contribution in [-0.2, 0) is 9.84 Å². The number of benzene rings is 1. The van der Waals surface area contributed by atoms with Gasteiger partial charge in [0, 0.05) is 24.6 Å². The van der Waals surface area contributed by atoms with Crippen molar-refractivity contribution in [2.45, 2.75) is 37.6 Å². The van der Waals surface area contributed by atoms with E-state index in [-0.39, 0.29) is 17.5 Å². The lowest BCUT2D eigenvalue weighted by atomic mass is 9.94. The summed E-state index contributed by atoms with van der Waals surface area (Å²) in [7, 11) is -2.92. The Kier molecular flexibility index (Phi) is 5.16. The second-order valence-electron chi connectivity index (χ2n) is 5.71. The minimum Gasteiger partial charge on any atom is -0.313 e. The van der Waals surface area contributed by atoms with Crippen molar-refractivity contribution in [1.82, 2.24) is 5.32 Å². The third-order valence-electron chi connectivity index (χ3n) is 3.62. The molecule has 0 saturated heterocycles. The highest BCUT2D eigenvalue weighted by molar-refractivity contribution is 7.90. The van der Waals surface area contributed by atoms with E-state index in [1.54, 1.807) is 12.1 Å². The molecule has 1 aromatic rings. The average molecular weight is 299 g/mol. The van der Waals surface area contributed by atoms with Crippen LogP contribution in [0, 0.1) is 5.82 Å². The molecule has 1 fully saturated rings. The molecule has 0 bridgehead atoms. The van der Waals surface area contributed by atoms with Crippen LogP contribution < -0.4 is 5.32 Å². The molecule has 112 valence electrons. The zero-order valence-electron chi connectivity index (χ0n) is 11.8. The Hall–Kier alpha value is -0.940. The van der Waals surface area contributed by atoms with Gasteiger partial charge >= 0.3 is 0 Å². The second-order valence-corrected chi connectivity index (χ2v) is 7.97. The normalized spacial score (nSPS) is 17.1. The Morgan fingerprint density at radius 2 is 2.15 bits per heavy atom. The first-order chi connectivity index (χ1) is 9.44. The van der Waals surface area contributed by atoms with Crippen molar-refractivity contribution in [1.29, 1.82) is 0 Å². The summed E-state index contributed by atoms with van der Waals surface area (Å²) < 4.78 is 35.7. The maximum absolute atomic E-state index is 13.3. The Morgan fingerprint density at radius 3 is 2.75 bits per heavy atom. The number of nitrogens with one attached hydrogen (secondary N) is 1. The van der Waals surface area contributed by atoms with Gasteiger partial charge in [0.25, 0.3) is 0 Å². The summed E-state index contributed by atoms with van der Waals surface area (Å²) in [6, 6.07) is 7.22. The van der Waals surface area contributed by atoms with Crippen molar-refractivity contribution >= 4 is 9.84 Å². The first-order valence-corrected chi connectivity index (χ1v) is 9.17. The number of hydrogen-bond donors (Lipinski definition) is 1. The fourth-order valence-corrected chi connectivity index (χ4v) is 3.03. The van der Waals surface area contributed by atoms with Crippen molar-refractivity contribution in [3.05, 3.63) is 35.6 Å². The second kappa shape index (κ2) is 6.68. The molecule has 1 N–H and O–H groups in total. The summed E-state index contributed by atoms with van der Waals surface area (Å²) in [5.74, 6) is 0.137. The molecule has 1 saturated carbocycles. The van der Waals surface area contributed by atoms with Gasteiger partial charge in [-0.15, -0.1) is 0 Å². The smallest absolute Gasteiger partial charge is 0.147 e. The Bertz CT molecular complexity index is 541. The minimum atomic E-state index is -2.92. The van der Waals surface area contributed by atoms with Crippen LogP contribution in [0.2, 0.25) is 0 Å². The largest absolute Gasteiger partial charge is 0.313 e. The molecule has 0 spiro atoms. The maximum atomic E-state index is 13.3. The zero-order chi connectivity index (χ0) is 14.6. The van der Waals surface area contributed by atoms with Crippen LogP contribution in [0.3, 0.4) is 0 Å².